The van der Waals surface area contributed by atoms with E-state index in [2.05, 4.69) is 0 Å². The summed E-state index contributed by atoms with van der Waals surface area (Å²) in [6.45, 7) is 0.925. The number of nitrogens with zero attached hydrogens (tertiary/aromatic N) is 2. The number of sulfonamides is 2. The first-order valence-electron chi connectivity index (χ1n) is 10.2. The van der Waals surface area contributed by atoms with Crippen molar-refractivity contribution in [2.75, 3.05) is 13.1 Å². The van der Waals surface area contributed by atoms with Crippen molar-refractivity contribution in [2.24, 2.45) is 0 Å². The summed E-state index contributed by atoms with van der Waals surface area (Å²) in [6.07, 6.45) is 4.14. The van der Waals surface area contributed by atoms with Crippen LogP contribution in [0.3, 0.4) is 0 Å². The lowest BCUT2D eigenvalue weighted by molar-refractivity contribution is 0.346. The molecule has 1 aliphatic heterocycles. The molecule has 0 unspecified atom stereocenters. The first-order chi connectivity index (χ1) is 14.3. The van der Waals surface area contributed by atoms with E-state index in [4.69, 9.17) is 0 Å². The first kappa shape index (κ1) is 21.4. The number of rotatable bonds is 7. The maximum atomic E-state index is 14.1. The fourth-order valence-corrected chi connectivity index (χ4v) is 6.92. The van der Waals surface area contributed by atoms with Crippen LogP contribution in [0.15, 0.2) is 58.3 Å². The van der Waals surface area contributed by atoms with E-state index in [1.165, 1.54) is 38.9 Å². The Bertz CT molecular complexity index is 1110. The highest BCUT2D eigenvalue weighted by molar-refractivity contribution is 7.89. The van der Waals surface area contributed by atoms with E-state index in [1.54, 1.807) is 18.2 Å². The van der Waals surface area contributed by atoms with Gasteiger partial charge < -0.3 is 0 Å². The zero-order chi connectivity index (χ0) is 21.4. The Kier molecular flexibility index (Phi) is 5.98. The molecule has 1 saturated heterocycles. The summed E-state index contributed by atoms with van der Waals surface area (Å²) in [5, 5.41) is 0. The van der Waals surface area contributed by atoms with Crippen molar-refractivity contribution < 1.29 is 21.2 Å². The van der Waals surface area contributed by atoms with Crippen LogP contribution in [0.2, 0.25) is 0 Å². The summed E-state index contributed by atoms with van der Waals surface area (Å²) >= 11 is 0. The molecule has 2 aliphatic rings. The highest BCUT2D eigenvalue weighted by Crippen LogP contribution is 2.34. The Labute approximate surface area is 177 Å². The monoisotopic (exact) mass is 452 g/mol. The maximum Gasteiger partial charge on any atom is 0.243 e. The van der Waals surface area contributed by atoms with Crippen LogP contribution in [-0.4, -0.2) is 44.6 Å². The average molecular weight is 453 g/mol. The third-order valence-electron chi connectivity index (χ3n) is 5.62. The lowest BCUT2D eigenvalue weighted by atomic mass is 10.2. The van der Waals surface area contributed by atoms with E-state index in [-0.39, 0.29) is 22.4 Å². The molecular weight excluding hydrogens is 427 g/mol. The normalized spacial score (nSPS) is 18.6. The van der Waals surface area contributed by atoms with Crippen LogP contribution in [0.4, 0.5) is 4.39 Å². The minimum absolute atomic E-state index is 0.0170. The van der Waals surface area contributed by atoms with Gasteiger partial charge in [-0.3, -0.25) is 0 Å². The van der Waals surface area contributed by atoms with Gasteiger partial charge in [0.15, 0.2) is 0 Å². The SMILES string of the molecule is O=S(=O)(c1ccc(S(=O)(=O)N(Cc2ccccc2F)C2CC2)cc1)N1CCCCC1. The smallest absolute Gasteiger partial charge is 0.207 e. The lowest BCUT2D eigenvalue weighted by Gasteiger charge is -2.26. The fourth-order valence-electron chi connectivity index (χ4n) is 3.74. The maximum absolute atomic E-state index is 14.1. The number of hydrogen-bond acceptors (Lipinski definition) is 4. The molecular formula is C21H25FN2O4S2. The quantitative estimate of drug-likeness (QED) is 0.646. The summed E-state index contributed by atoms with van der Waals surface area (Å²) < 4.78 is 68.9. The summed E-state index contributed by atoms with van der Waals surface area (Å²) in [5.41, 5.74) is 0.317. The van der Waals surface area contributed by atoms with Crippen molar-refractivity contribution in [3.05, 3.63) is 59.9 Å². The van der Waals surface area contributed by atoms with E-state index in [0.29, 0.717) is 18.7 Å². The number of benzene rings is 2. The van der Waals surface area contributed by atoms with Gasteiger partial charge in [-0.1, -0.05) is 24.6 Å². The van der Waals surface area contributed by atoms with Gasteiger partial charge in [0, 0.05) is 31.2 Å². The van der Waals surface area contributed by atoms with E-state index in [0.717, 1.165) is 32.1 Å². The van der Waals surface area contributed by atoms with Crippen molar-refractivity contribution in [3.8, 4) is 0 Å². The highest BCUT2D eigenvalue weighted by atomic mass is 32.2. The topological polar surface area (TPSA) is 74.8 Å². The fraction of sp³-hybridized carbons (Fsp3) is 0.429. The van der Waals surface area contributed by atoms with E-state index < -0.39 is 25.9 Å². The second kappa shape index (κ2) is 8.37. The Morgan fingerprint density at radius 1 is 0.867 bits per heavy atom. The molecule has 0 radical (unpaired) electrons. The Hall–Kier alpha value is -1.81. The standard InChI is InChI=1S/C21H25FN2O4S2/c22-21-7-3-2-6-17(21)16-24(18-8-9-18)30(27,28)20-12-10-19(11-13-20)29(25,26)23-14-4-1-5-15-23/h2-3,6-7,10-13,18H,1,4-5,8-9,14-16H2. The molecule has 0 atom stereocenters. The van der Waals surface area contributed by atoms with Crippen molar-refractivity contribution in [1.29, 1.82) is 0 Å². The van der Waals surface area contributed by atoms with Gasteiger partial charge in [0.05, 0.1) is 9.79 Å². The average Bonchev–Trinajstić information content (AvgIpc) is 3.59. The summed E-state index contributed by atoms with van der Waals surface area (Å²) in [4.78, 5) is 0.110. The van der Waals surface area contributed by atoms with Crippen molar-refractivity contribution in [1.82, 2.24) is 8.61 Å². The molecule has 9 heteroatoms. The molecule has 1 heterocycles. The molecule has 6 nitrogen and oxygen atoms in total. The number of halogens is 1. The van der Waals surface area contributed by atoms with Crippen LogP contribution in [0.25, 0.3) is 0 Å². The van der Waals surface area contributed by atoms with Crippen LogP contribution < -0.4 is 0 Å². The molecule has 30 heavy (non-hydrogen) atoms. The van der Waals surface area contributed by atoms with Gasteiger partial charge in [-0.15, -0.1) is 0 Å². The lowest BCUT2D eigenvalue weighted by Crippen LogP contribution is -2.35. The molecule has 0 amide bonds. The van der Waals surface area contributed by atoms with Gasteiger partial charge in [0.2, 0.25) is 20.0 Å². The predicted molar refractivity (Wildman–Crippen MR) is 111 cm³/mol. The van der Waals surface area contributed by atoms with Gasteiger partial charge in [0.1, 0.15) is 5.82 Å². The first-order valence-corrected chi connectivity index (χ1v) is 13.0. The zero-order valence-corrected chi connectivity index (χ0v) is 18.2. The molecule has 2 aromatic carbocycles. The molecule has 162 valence electrons. The zero-order valence-electron chi connectivity index (χ0n) is 16.6. The van der Waals surface area contributed by atoms with Gasteiger partial charge in [-0.2, -0.15) is 8.61 Å². The third kappa shape index (κ3) is 4.30. The molecule has 0 spiro atoms. The number of piperidine rings is 1. The molecule has 1 aliphatic carbocycles. The molecule has 0 aromatic heterocycles. The van der Waals surface area contributed by atoms with Crippen molar-refractivity contribution >= 4 is 20.0 Å². The van der Waals surface area contributed by atoms with Gasteiger partial charge in [-0.25, -0.2) is 21.2 Å². The van der Waals surface area contributed by atoms with Crippen LogP contribution >= 0.6 is 0 Å². The second-order valence-electron chi connectivity index (χ2n) is 7.81. The summed E-state index contributed by atoms with van der Waals surface area (Å²) in [5.74, 6) is -0.443. The summed E-state index contributed by atoms with van der Waals surface area (Å²) in [6, 6.07) is 11.3. The Balaban J connectivity index is 1.59. The molecule has 4 rings (SSSR count). The van der Waals surface area contributed by atoms with E-state index in [9.17, 15) is 21.2 Å². The minimum atomic E-state index is -3.88. The van der Waals surface area contributed by atoms with Gasteiger partial charge in [0.25, 0.3) is 0 Å². The number of hydrogen-bond donors (Lipinski definition) is 0. The second-order valence-corrected chi connectivity index (χ2v) is 11.6. The van der Waals surface area contributed by atoms with Crippen molar-refractivity contribution in [2.45, 2.75) is 54.5 Å². The van der Waals surface area contributed by atoms with E-state index in [1.807, 2.05) is 0 Å². The largest absolute Gasteiger partial charge is 0.243 e. The van der Waals surface area contributed by atoms with Crippen LogP contribution in [0.5, 0.6) is 0 Å². The molecule has 0 bridgehead atoms. The molecule has 2 fully saturated rings. The highest BCUT2D eigenvalue weighted by Gasteiger charge is 2.38. The van der Waals surface area contributed by atoms with E-state index >= 15 is 0 Å². The Morgan fingerprint density at radius 2 is 1.47 bits per heavy atom. The molecule has 1 saturated carbocycles. The predicted octanol–water partition coefficient (Wildman–Crippen LogP) is 3.35. The van der Waals surface area contributed by atoms with Gasteiger partial charge >= 0.3 is 0 Å². The van der Waals surface area contributed by atoms with Crippen LogP contribution in [0, 0.1) is 5.82 Å². The minimum Gasteiger partial charge on any atom is -0.207 e. The molecule has 0 N–H and O–H groups in total. The third-order valence-corrected chi connectivity index (χ3v) is 9.45. The Morgan fingerprint density at radius 3 is 2.07 bits per heavy atom. The van der Waals surface area contributed by atoms with Crippen LogP contribution in [-0.2, 0) is 26.6 Å². The molecule has 2 aromatic rings. The van der Waals surface area contributed by atoms with Crippen molar-refractivity contribution in [3.63, 3.8) is 0 Å². The summed E-state index contributed by atoms with van der Waals surface area (Å²) in [7, 11) is -7.51. The van der Waals surface area contributed by atoms with Gasteiger partial charge in [-0.05, 0) is 56.0 Å². The van der Waals surface area contributed by atoms with Crippen LogP contribution in [0.1, 0.15) is 37.7 Å².